The minimum Gasteiger partial charge on any atom is -0.312 e. The Morgan fingerprint density at radius 3 is 2.83 bits per heavy atom. The van der Waals surface area contributed by atoms with E-state index in [4.69, 9.17) is 16.9 Å². The molecule has 1 aliphatic heterocycles. The van der Waals surface area contributed by atoms with E-state index >= 15 is 0 Å². The molecule has 0 saturated heterocycles. The summed E-state index contributed by atoms with van der Waals surface area (Å²) in [6.07, 6.45) is 2.14. The van der Waals surface area contributed by atoms with Gasteiger partial charge >= 0.3 is 0 Å². The number of nitrogens with zero attached hydrogens (tertiary/aromatic N) is 5. The minimum atomic E-state index is -0.410. The van der Waals surface area contributed by atoms with Gasteiger partial charge in [-0.15, -0.1) is 0 Å². The van der Waals surface area contributed by atoms with Crippen LogP contribution in [-0.2, 0) is 4.79 Å². The molecular weight excluding hydrogens is 326 g/mol. The minimum absolute atomic E-state index is 0. The first-order valence-corrected chi connectivity index (χ1v) is 7.54. The Balaban J connectivity index is 0.00000208. The average Bonchev–Trinajstić information content (AvgIpc) is 2.57. The lowest BCUT2D eigenvalue weighted by Crippen LogP contribution is -2.50. The summed E-state index contributed by atoms with van der Waals surface area (Å²) in [7, 11) is 1.70. The summed E-state index contributed by atoms with van der Waals surface area (Å²) in [6.45, 7) is 1.94. The normalized spacial score (nSPS) is 16.2. The van der Waals surface area contributed by atoms with Gasteiger partial charge in [0.1, 0.15) is 11.7 Å². The summed E-state index contributed by atoms with van der Waals surface area (Å²) in [5.74, 6) is 0.516. The number of aromatic nitrogens is 2. The molecule has 1 aromatic heterocycles. The van der Waals surface area contributed by atoms with E-state index < -0.39 is 6.04 Å². The fraction of sp³-hybridized carbons (Fsp3) is 0.294. The molecule has 2 aromatic rings. The van der Waals surface area contributed by atoms with Crippen molar-refractivity contribution in [1.29, 1.82) is 5.26 Å². The third kappa shape index (κ3) is 2.79. The molecule has 2 heterocycles. The molecule has 24 heavy (non-hydrogen) atoms. The van der Waals surface area contributed by atoms with E-state index in [0.29, 0.717) is 23.5 Å². The van der Waals surface area contributed by atoms with E-state index in [2.05, 4.69) is 16.0 Å². The molecule has 124 valence electrons. The molecule has 6 nitrogen and oxygen atoms in total. The van der Waals surface area contributed by atoms with Crippen molar-refractivity contribution in [2.75, 3.05) is 16.8 Å². The largest absolute Gasteiger partial charge is 0.312 e. The van der Waals surface area contributed by atoms with Crippen LogP contribution in [0.15, 0.2) is 30.5 Å². The van der Waals surface area contributed by atoms with Crippen LogP contribution in [0.2, 0.25) is 5.28 Å². The Morgan fingerprint density at radius 1 is 1.42 bits per heavy atom. The molecule has 0 N–H and O–H groups in total. The highest BCUT2D eigenvalue weighted by atomic mass is 35.5. The lowest BCUT2D eigenvalue weighted by atomic mass is 10.1. The number of hydrogen-bond donors (Lipinski definition) is 0. The third-order valence-corrected chi connectivity index (χ3v) is 4.06. The molecule has 0 saturated carbocycles. The predicted molar refractivity (Wildman–Crippen MR) is 94.6 cm³/mol. The van der Waals surface area contributed by atoms with E-state index in [1.165, 1.54) is 6.20 Å². The van der Waals surface area contributed by atoms with Crippen molar-refractivity contribution in [1.82, 2.24) is 9.97 Å². The van der Waals surface area contributed by atoms with Gasteiger partial charge in [0.2, 0.25) is 11.2 Å². The average molecular weight is 344 g/mol. The van der Waals surface area contributed by atoms with Crippen molar-refractivity contribution in [3.8, 4) is 6.07 Å². The number of likely N-dealkylation sites (N-methyl/N-ethyl adjacent to an activating group) is 1. The van der Waals surface area contributed by atoms with Crippen LogP contribution < -0.4 is 9.80 Å². The summed E-state index contributed by atoms with van der Waals surface area (Å²) < 4.78 is 0. The van der Waals surface area contributed by atoms with Gasteiger partial charge in [-0.3, -0.25) is 4.79 Å². The molecule has 0 fully saturated rings. The van der Waals surface area contributed by atoms with E-state index in [1.54, 1.807) is 30.1 Å². The molecule has 3 rings (SSSR count). The zero-order chi connectivity index (χ0) is 16.6. The SMILES string of the molecule is C.CCC1C(=O)N(C)c2cnc(Cl)nc2N1c1cccc(C#N)c1. The van der Waals surface area contributed by atoms with Gasteiger partial charge in [0.15, 0.2) is 5.82 Å². The molecular formula is C17H18ClN5O. The van der Waals surface area contributed by atoms with Gasteiger partial charge in [-0.05, 0) is 36.2 Å². The zero-order valence-corrected chi connectivity index (χ0v) is 13.4. The topological polar surface area (TPSA) is 73.1 Å². The van der Waals surface area contributed by atoms with Gasteiger partial charge < -0.3 is 9.80 Å². The first-order chi connectivity index (χ1) is 11.1. The van der Waals surface area contributed by atoms with Crippen LogP contribution in [-0.4, -0.2) is 29.0 Å². The van der Waals surface area contributed by atoms with Gasteiger partial charge in [-0.25, -0.2) is 4.98 Å². The summed E-state index contributed by atoms with van der Waals surface area (Å²) in [5.41, 5.74) is 1.84. The molecule has 1 amide bonds. The van der Waals surface area contributed by atoms with Gasteiger partial charge in [0, 0.05) is 12.7 Å². The van der Waals surface area contributed by atoms with Crippen LogP contribution in [0.5, 0.6) is 0 Å². The van der Waals surface area contributed by atoms with Crippen molar-refractivity contribution >= 4 is 34.7 Å². The highest BCUT2D eigenvalue weighted by Crippen LogP contribution is 2.39. The van der Waals surface area contributed by atoms with Gasteiger partial charge in [0.25, 0.3) is 0 Å². The molecule has 7 heteroatoms. The van der Waals surface area contributed by atoms with E-state index in [1.807, 2.05) is 17.9 Å². The molecule has 0 aliphatic carbocycles. The second kappa shape index (κ2) is 6.85. The Hall–Kier alpha value is -2.65. The molecule has 1 aliphatic rings. The monoisotopic (exact) mass is 343 g/mol. The Labute approximate surface area is 146 Å². The van der Waals surface area contributed by atoms with Crippen molar-refractivity contribution in [3.63, 3.8) is 0 Å². The molecule has 0 radical (unpaired) electrons. The van der Waals surface area contributed by atoms with E-state index in [9.17, 15) is 4.79 Å². The number of rotatable bonds is 2. The van der Waals surface area contributed by atoms with Gasteiger partial charge in [-0.2, -0.15) is 10.2 Å². The molecule has 1 aromatic carbocycles. The second-order valence-electron chi connectivity index (χ2n) is 5.20. The second-order valence-corrected chi connectivity index (χ2v) is 5.54. The lowest BCUT2D eigenvalue weighted by Gasteiger charge is -2.40. The number of nitriles is 1. The maximum Gasteiger partial charge on any atom is 0.250 e. The number of benzene rings is 1. The van der Waals surface area contributed by atoms with Crippen molar-refractivity contribution < 1.29 is 4.79 Å². The summed E-state index contributed by atoms with van der Waals surface area (Å²) in [5, 5.41) is 9.24. The highest BCUT2D eigenvalue weighted by Gasteiger charge is 2.37. The van der Waals surface area contributed by atoms with Crippen LogP contribution in [0.1, 0.15) is 26.3 Å². The smallest absolute Gasteiger partial charge is 0.250 e. The Morgan fingerprint density at radius 2 is 2.17 bits per heavy atom. The number of anilines is 3. The summed E-state index contributed by atoms with van der Waals surface area (Å²) >= 11 is 5.96. The van der Waals surface area contributed by atoms with Crippen molar-refractivity contribution in [2.24, 2.45) is 0 Å². The third-order valence-electron chi connectivity index (χ3n) is 3.88. The van der Waals surface area contributed by atoms with Crippen LogP contribution in [0.25, 0.3) is 0 Å². The summed E-state index contributed by atoms with van der Waals surface area (Å²) in [4.78, 5) is 24.3. The molecule has 0 bridgehead atoms. The maximum absolute atomic E-state index is 12.7. The van der Waals surface area contributed by atoms with Crippen LogP contribution >= 0.6 is 11.6 Å². The van der Waals surface area contributed by atoms with E-state index in [-0.39, 0.29) is 18.6 Å². The van der Waals surface area contributed by atoms with E-state index in [0.717, 1.165) is 5.69 Å². The van der Waals surface area contributed by atoms with Gasteiger partial charge in [-0.1, -0.05) is 20.4 Å². The number of carbonyl (C=O) groups is 1. The fourth-order valence-electron chi connectivity index (χ4n) is 2.74. The first kappa shape index (κ1) is 17.7. The first-order valence-electron chi connectivity index (χ1n) is 7.16. The quantitative estimate of drug-likeness (QED) is 0.780. The standard InChI is InChI=1S/C16H14ClN5O.CH4/c1-3-12-15(23)21(2)13-9-19-16(17)20-14(13)22(12)11-6-4-5-10(7-11)8-18;/h4-7,9,12H,3H2,1-2H3;1H4. The van der Waals surface area contributed by atoms with Crippen molar-refractivity contribution in [3.05, 3.63) is 41.3 Å². The summed E-state index contributed by atoms with van der Waals surface area (Å²) in [6, 6.07) is 8.79. The molecule has 1 unspecified atom stereocenters. The number of amides is 1. The van der Waals surface area contributed by atoms with Gasteiger partial charge in [0.05, 0.1) is 17.8 Å². The molecule has 1 atom stereocenters. The van der Waals surface area contributed by atoms with Crippen LogP contribution in [0.3, 0.4) is 0 Å². The molecule has 0 spiro atoms. The van der Waals surface area contributed by atoms with Crippen LogP contribution in [0.4, 0.5) is 17.2 Å². The zero-order valence-electron chi connectivity index (χ0n) is 12.7. The number of halogens is 1. The highest BCUT2D eigenvalue weighted by molar-refractivity contribution is 6.28. The van der Waals surface area contributed by atoms with Crippen molar-refractivity contribution in [2.45, 2.75) is 26.8 Å². The Kier molecular flexibility index (Phi) is 5.05. The number of carbonyl (C=O) groups excluding carboxylic acids is 1. The fourth-order valence-corrected chi connectivity index (χ4v) is 2.87. The number of hydrogen-bond acceptors (Lipinski definition) is 5. The Bertz CT molecular complexity index is 817. The number of fused-ring (bicyclic) bond motifs is 1. The lowest BCUT2D eigenvalue weighted by molar-refractivity contribution is -0.119. The predicted octanol–water partition coefficient (Wildman–Crippen LogP) is 3.53. The van der Waals surface area contributed by atoms with Crippen LogP contribution in [0, 0.1) is 11.3 Å². The maximum atomic E-state index is 12.7.